The van der Waals surface area contributed by atoms with Crippen molar-refractivity contribution in [2.75, 3.05) is 0 Å². The molecule has 2 nitrogen and oxygen atoms in total. The van der Waals surface area contributed by atoms with Gasteiger partial charge >= 0.3 is 0 Å². The molecule has 2 aromatic carbocycles. The van der Waals surface area contributed by atoms with E-state index >= 15 is 0 Å². The number of hydrogen-bond acceptors (Lipinski definition) is 1. The number of halogens is 3. The van der Waals surface area contributed by atoms with E-state index in [2.05, 4.69) is 4.98 Å². The average molecular weight is 326 g/mol. The lowest BCUT2D eigenvalue weighted by Gasteiger charge is -2.10. The van der Waals surface area contributed by atoms with Crippen molar-refractivity contribution in [3.8, 4) is 5.69 Å². The number of benzene rings is 2. The first-order valence-corrected chi connectivity index (χ1v) is 7.39. The second kappa shape index (κ2) is 5.28. The number of fused-ring (bicyclic) bond motifs is 1. The Morgan fingerprint density at radius 1 is 1.10 bits per heavy atom. The monoisotopic (exact) mass is 324 g/mol. The number of nitrogens with zero attached hydrogens (tertiary/aromatic N) is 2. The highest BCUT2D eigenvalue weighted by atomic mass is 35.5. The second-order valence-corrected chi connectivity index (χ2v) is 5.64. The first-order chi connectivity index (χ1) is 9.61. The molecule has 102 valence electrons. The Kier molecular flexibility index (Phi) is 3.63. The van der Waals surface area contributed by atoms with Crippen molar-refractivity contribution in [3.05, 3.63) is 57.8 Å². The molecule has 0 bridgehead atoms. The molecule has 1 aromatic heterocycles. The molecule has 0 aliphatic rings. The summed E-state index contributed by atoms with van der Waals surface area (Å²) in [6.45, 7) is 2.00. The summed E-state index contributed by atoms with van der Waals surface area (Å²) < 4.78 is 1.95. The van der Waals surface area contributed by atoms with Crippen LogP contribution in [-0.2, 0) is 5.88 Å². The third-order valence-electron chi connectivity index (χ3n) is 3.17. The Bertz CT molecular complexity index is 793. The van der Waals surface area contributed by atoms with E-state index in [1.54, 1.807) is 0 Å². The molecule has 20 heavy (non-hydrogen) atoms. The van der Waals surface area contributed by atoms with Gasteiger partial charge in [0.05, 0.1) is 27.1 Å². The topological polar surface area (TPSA) is 17.8 Å². The van der Waals surface area contributed by atoms with Gasteiger partial charge in [-0.2, -0.15) is 0 Å². The summed E-state index contributed by atoms with van der Waals surface area (Å²) in [7, 11) is 0. The number of para-hydroxylation sites is 1. The highest BCUT2D eigenvalue weighted by Crippen LogP contribution is 2.31. The standard InChI is InChI=1S/C15H11Cl3N2/c1-9-5-6-12(11(18)7-9)20-13-4-2-3-10(17)15(13)19-14(20)8-16/h2-7H,8H2,1H3. The summed E-state index contributed by atoms with van der Waals surface area (Å²) in [4.78, 5) is 4.51. The smallest absolute Gasteiger partial charge is 0.129 e. The number of rotatable bonds is 2. The van der Waals surface area contributed by atoms with Gasteiger partial charge in [-0.15, -0.1) is 11.6 Å². The molecule has 0 unspecified atom stereocenters. The van der Waals surface area contributed by atoms with Crippen molar-refractivity contribution < 1.29 is 0 Å². The van der Waals surface area contributed by atoms with Crippen molar-refractivity contribution in [1.82, 2.24) is 9.55 Å². The number of hydrogen-bond donors (Lipinski definition) is 0. The molecule has 0 atom stereocenters. The van der Waals surface area contributed by atoms with E-state index in [1.165, 1.54) is 0 Å². The predicted octanol–water partition coefficient (Wildman–Crippen LogP) is 5.38. The fourth-order valence-electron chi connectivity index (χ4n) is 2.26. The zero-order chi connectivity index (χ0) is 14.3. The van der Waals surface area contributed by atoms with Crippen LogP contribution in [-0.4, -0.2) is 9.55 Å². The van der Waals surface area contributed by atoms with Crippen LogP contribution in [0, 0.1) is 6.92 Å². The van der Waals surface area contributed by atoms with Crippen LogP contribution in [0.5, 0.6) is 0 Å². The summed E-state index contributed by atoms with van der Waals surface area (Å²) in [6, 6.07) is 11.6. The Morgan fingerprint density at radius 3 is 2.60 bits per heavy atom. The van der Waals surface area contributed by atoms with Crippen LogP contribution in [0.3, 0.4) is 0 Å². The SMILES string of the molecule is Cc1ccc(-n2c(CCl)nc3c(Cl)cccc32)c(Cl)c1. The summed E-state index contributed by atoms with van der Waals surface area (Å²) in [5, 5.41) is 1.27. The van der Waals surface area contributed by atoms with Crippen LogP contribution in [0.4, 0.5) is 0 Å². The normalized spacial score (nSPS) is 11.2. The van der Waals surface area contributed by atoms with Gasteiger partial charge in [0, 0.05) is 0 Å². The molecule has 0 aliphatic carbocycles. The minimum Gasteiger partial charge on any atom is -0.294 e. The van der Waals surface area contributed by atoms with E-state index < -0.39 is 0 Å². The Morgan fingerprint density at radius 2 is 1.90 bits per heavy atom. The third kappa shape index (κ3) is 2.18. The van der Waals surface area contributed by atoms with Crippen LogP contribution >= 0.6 is 34.8 Å². The maximum Gasteiger partial charge on any atom is 0.129 e. The number of alkyl halides is 1. The number of aryl methyl sites for hydroxylation is 1. The van der Waals surface area contributed by atoms with Crippen LogP contribution in [0.1, 0.15) is 11.4 Å². The van der Waals surface area contributed by atoms with E-state index in [0.717, 1.165) is 28.1 Å². The fourth-order valence-corrected chi connectivity index (χ4v) is 2.98. The minimum atomic E-state index is 0.287. The number of imidazole rings is 1. The van der Waals surface area contributed by atoms with Crippen molar-refractivity contribution in [3.63, 3.8) is 0 Å². The summed E-state index contributed by atoms with van der Waals surface area (Å²) in [5.41, 5.74) is 3.60. The molecule has 0 saturated carbocycles. The number of aromatic nitrogens is 2. The van der Waals surface area contributed by atoms with Gasteiger partial charge in [0.2, 0.25) is 0 Å². The molecule has 1 heterocycles. The van der Waals surface area contributed by atoms with E-state index in [-0.39, 0.29) is 5.88 Å². The molecule has 0 spiro atoms. The summed E-state index contributed by atoms with van der Waals surface area (Å²) in [5.74, 6) is 1.01. The Balaban J connectivity index is 2.37. The zero-order valence-electron chi connectivity index (χ0n) is 10.7. The van der Waals surface area contributed by atoms with Gasteiger partial charge in [-0.05, 0) is 36.8 Å². The van der Waals surface area contributed by atoms with Gasteiger partial charge in [0.15, 0.2) is 0 Å². The second-order valence-electron chi connectivity index (χ2n) is 4.56. The van der Waals surface area contributed by atoms with Gasteiger partial charge in [0.1, 0.15) is 11.3 Å². The molecule has 5 heteroatoms. The van der Waals surface area contributed by atoms with Crippen LogP contribution in [0.25, 0.3) is 16.7 Å². The third-order valence-corrected chi connectivity index (χ3v) is 4.02. The molecule has 0 radical (unpaired) electrons. The van der Waals surface area contributed by atoms with E-state index in [4.69, 9.17) is 34.8 Å². The molecule has 0 amide bonds. The largest absolute Gasteiger partial charge is 0.294 e. The first kappa shape index (κ1) is 13.7. The van der Waals surface area contributed by atoms with E-state index in [9.17, 15) is 0 Å². The van der Waals surface area contributed by atoms with Crippen molar-refractivity contribution in [1.29, 1.82) is 0 Å². The van der Waals surface area contributed by atoms with Crippen LogP contribution in [0.2, 0.25) is 10.0 Å². The molecule has 3 aromatic rings. The van der Waals surface area contributed by atoms with Gasteiger partial charge in [0.25, 0.3) is 0 Å². The van der Waals surface area contributed by atoms with Gasteiger partial charge in [-0.3, -0.25) is 4.57 Å². The highest BCUT2D eigenvalue weighted by molar-refractivity contribution is 6.35. The molecule has 3 rings (SSSR count). The van der Waals surface area contributed by atoms with Crippen LogP contribution in [0.15, 0.2) is 36.4 Å². The minimum absolute atomic E-state index is 0.287. The summed E-state index contributed by atoms with van der Waals surface area (Å²) >= 11 is 18.6. The van der Waals surface area contributed by atoms with Crippen molar-refractivity contribution in [2.24, 2.45) is 0 Å². The quantitative estimate of drug-likeness (QED) is 0.578. The highest BCUT2D eigenvalue weighted by Gasteiger charge is 2.15. The summed E-state index contributed by atoms with van der Waals surface area (Å²) in [6.07, 6.45) is 0. The molecule has 0 N–H and O–H groups in total. The lowest BCUT2D eigenvalue weighted by atomic mass is 10.2. The van der Waals surface area contributed by atoms with Crippen molar-refractivity contribution in [2.45, 2.75) is 12.8 Å². The Labute approximate surface area is 131 Å². The lowest BCUT2D eigenvalue weighted by molar-refractivity contribution is 0.981. The van der Waals surface area contributed by atoms with E-state index in [0.29, 0.717) is 10.0 Å². The molecule has 0 aliphatic heterocycles. The molecular weight excluding hydrogens is 315 g/mol. The first-order valence-electron chi connectivity index (χ1n) is 6.10. The van der Waals surface area contributed by atoms with Gasteiger partial charge < -0.3 is 0 Å². The zero-order valence-corrected chi connectivity index (χ0v) is 13.0. The lowest BCUT2D eigenvalue weighted by Crippen LogP contribution is -2.00. The fraction of sp³-hybridized carbons (Fsp3) is 0.133. The maximum absolute atomic E-state index is 6.37. The molecule has 0 fully saturated rings. The molecular formula is C15H11Cl3N2. The van der Waals surface area contributed by atoms with E-state index in [1.807, 2.05) is 47.9 Å². The molecule has 0 saturated heterocycles. The van der Waals surface area contributed by atoms with Gasteiger partial charge in [-0.1, -0.05) is 35.3 Å². The predicted molar refractivity (Wildman–Crippen MR) is 85.4 cm³/mol. The maximum atomic E-state index is 6.37. The van der Waals surface area contributed by atoms with Crippen molar-refractivity contribution >= 4 is 45.8 Å². The van der Waals surface area contributed by atoms with Gasteiger partial charge in [-0.25, -0.2) is 4.98 Å². The average Bonchev–Trinajstić information content (AvgIpc) is 2.79. The Hall–Kier alpha value is -1.22. The van der Waals surface area contributed by atoms with Crippen LogP contribution < -0.4 is 0 Å².